The summed E-state index contributed by atoms with van der Waals surface area (Å²) in [6, 6.07) is 0. The highest BCUT2D eigenvalue weighted by atomic mass is 15.1. The first kappa shape index (κ1) is 16.1. The average molecular weight is 316 g/mol. The molecule has 0 aromatic carbocycles. The molecule has 4 N–H and O–H groups in total. The minimum atomic E-state index is 0.346. The molecule has 1 fully saturated rings. The highest BCUT2D eigenvalue weighted by molar-refractivity contribution is 5.61. The number of rotatable bonds is 6. The predicted octanol–water partition coefficient (Wildman–Crippen LogP) is 2.06. The third kappa shape index (κ3) is 4.13. The normalized spacial score (nSPS) is 18.0. The minimum absolute atomic E-state index is 0.346. The summed E-state index contributed by atoms with van der Waals surface area (Å²) in [5, 5.41) is 6.87. The van der Waals surface area contributed by atoms with Crippen molar-refractivity contribution in [2.45, 2.75) is 39.2 Å². The molecule has 0 bridgehead atoms. The van der Waals surface area contributed by atoms with E-state index in [1.54, 1.807) is 0 Å². The maximum absolute atomic E-state index is 5.85. The molecule has 1 aromatic rings. The first-order valence-corrected chi connectivity index (χ1v) is 8.79. The Labute approximate surface area is 138 Å². The molecule has 0 radical (unpaired) electrons. The van der Waals surface area contributed by atoms with Crippen LogP contribution in [0.1, 0.15) is 43.9 Å². The fourth-order valence-electron chi connectivity index (χ4n) is 3.30. The quantitative estimate of drug-likeness (QED) is 0.697. The third-order valence-electron chi connectivity index (χ3n) is 4.64. The lowest BCUT2D eigenvalue weighted by Crippen LogP contribution is -2.35. The molecule has 6 nitrogen and oxygen atoms in total. The molecule has 0 unspecified atom stereocenters. The van der Waals surface area contributed by atoms with Crippen LogP contribution in [0.15, 0.2) is 6.20 Å². The van der Waals surface area contributed by atoms with E-state index in [0.717, 1.165) is 63.0 Å². The van der Waals surface area contributed by atoms with E-state index in [1.165, 1.54) is 18.4 Å². The summed E-state index contributed by atoms with van der Waals surface area (Å²) in [6.07, 6.45) is 9.05. The molecule has 0 amide bonds. The standard InChI is InChI=1S/C17H28N6/c1-2-3-7-20-16-14-12-23(11-13-4-8-19-9-5-13)10-6-15(14)21-17(18)22-16/h6,10,13,19H,2-5,7-9,11-12H2,1H3,(H3,18,20,21,22). The van der Waals surface area contributed by atoms with E-state index >= 15 is 0 Å². The van der Waals surface area contributed by atoms with Crippen molar-refractivity contribution in [1.29, 1.82) is 0 Å². The van der Waals surface area contributed by atoms with Crippen LogP contribution in [0.5, 0.6) is 0 Å². The summed E-state index contributed by atoms with van der Waals surface area (Å²) in [7, 11) is 0. The van der Waals surface area contributed by atoms with Crippen LogP contribution < -0.4 is 16.4 Å². The smallest absolute Gasteiger partial charge is 0.222 e. The lowest BCUT2D eigenvalue weighted by molar-refractivity contribution is 0.256. The highest BCUT2D eigenvalue weighted by Gasteiger charge is 2.21. The van der Waals surface area contributed by atoms with Crippen molar-refractivity contribution >= 4 is 17.8 Å². The molecule has 3 heterocycles. The van der Waals surface area contributed by atoms with Crippen molar-refractivity contribution in [3.63, 3.8) is 0 Å². The summed E-state index contributed by atoms with van der Waals surface area (Å²) in [5.41, 5.74) is 7.98. The number of hydrogen-bond acceptors (Lipinski definition) is 6. The molecule has 23 heavy (non-hydrogen) atoms. The molecular weight excluding hydrogens is 288 g/mol. The molecule has 1 aromatic heterocycles. The van der Waals surface area contributed by atoms with E-state index in [1.807, 2.05) is 0 Å². The van der Waals surface area contributed by atoms with Gasteiger partial charge in [0.25, 0.3) is 0 Å². The van der Waals surface area contributed by atoms with Crippen LogP contribution >= 0.6 is 0 Å². The molecule has 126 valence electrons. The summed E-state index contributed by atoms with van der Waals surface area (Å²) < 4.78 is 0. The van der Waals surface area contributed by atoms with Gasteiger partial charge in [0.05, 0.1) is 5.69 Å². The Balaban J connectivity index is 1.70. The van der Waals surface area contributed by atoms with Crippen LogP contribution in [0.25, 0.3) is 6.08 Å². The molecule has 0 spiro atoms. The molecule has 2 aliphatic rings. The van der Waals surface area contributed by atoms with Gasteiger partial charge in [-0.3, -0.25) is 0 Å². The Morgan fingerprint density at radius 2 is 2.17 bits per heavy atom. The van der Waals surface area contributed by atoms with Crippen LogP contribution in [0.4, 0.5) is 11.8 Å². The molecule has 6 heteroatoms. The minimum Gasteiger partial charge on any atom is -0.372 e. The Morgan fingerprint density at radius 3 is 2.96 bits per heavy atom. The van der Waals surface area contributed by atoms with Gasteiger partial charge in [-0.25, -0.2) is 4.98 Å². The van der Waals surface area contributed by atoms with Gasteiger partial charge in [0.15, 0.2) is 0 Å². The van der Waals surface area contributed by atoms with Crippen LogP contribution in [0.2, 0.25) is 0 Å². The second kappa shape index (κ2) is 7.64. The van der Waals surface area contributed by atoms with Crippen LogP contribution in [0, 0.1) is 5.92 Å². The fourth-order valence-corrected chi connectivity index (χ4v) is 3.30. The Morgan fingerprint density at radius 1 is 1.35 bits per heavy atom. The second-order valence-corrected chi connectivity index (χ2v) is 6.51. The summed E-state index contributed by atoms with van der Waals surface area (Å²) in [5.74, 6) is 2.02. The van der Waals surface area contributed by atoms with Crippen molar-refractivity contribution in [2.75, 3.05) is 37.2 Å². The predicted molar refractivity (Wildman–Crippen MR) is 94.9 cm³/mol. The van der Waals surface area contributed by atoms with E-state index in [9.17, 15) is 0 Å². The average Bonchev–Trinajstić information content (AvgIpc) is 2.56. The number of nitrogens with two attached hydrogens (primary N) is 1. The van der Waals surface area contributed by atoms with E-state index in [0.29, 0.717) is 5.95 Å². The second-order valence-electron chi connectivity index (χ2n) is 6.51. The van der Waals surface area contributed by atoms with E-state index < -0.39 is 0 Å². The molecule has 2 aliphatic heterocycles. The highest BCUT2D eigenvalue weighted by Crippen LogP contribution is 2.26. The molecule has 0 aliphatic carbocycles. The van der Waals surface area contributed by atoms with Gasteiger partial charge >= 0.3 is 0 Å². The molecule has 3 rings (SSSR count). The Bertz CT molecular complexity index is 550. The number of anilines is 2. The van der Waals surface area contributed by atoms with Gasteiger partial charge in [-0.05, 0) is 44.3 Å². The third-order valence-corrected chi connectivity index (χ3v) is 4.64. The van der Waals surface area contributed by atoms with E-state index in [4.69, 9.17) is 5.73 Å². The number of aromatic nitrogens is 2. The summed E-state index contributed by atoms with van der Waals surface area (Å²) in [6.45, 7) is 7.37. The number of hydrogen-bond donors (Lipinski definition) is 3. The first-order valence-electron chi connectivity index (χ1n) is 8.79. The topological polar surface area (TPSA) is 79.1 Å². The monoisotopic (exact) mass is 316 g/mol. The first-order chi connectivity index (χ1) is 11.3. The Kier molecular flexibility index (Phi) is 5.33. The van der Waals surface area contributed by atoms with Crippen LogP contribution in [0.3, 0.4) is 0 Å². The van der Waals surface area contributed by atoms with Crippen LogP contribution in [-0.4, -0.2) is 41.0 Å². The molecule has 0 saturated carbocycles. The maximum Gasteiger partial charge on any atom is 0.222 e. The summed E-state index contributed by atoms with van der Waals surface area (Å²) in [4.78, 5) is 11.2. The number of fused-ring (bicyclic) bond motifs is 1. The van der Waals surface area contributed by atoms with Gasteiger partial charge in [-0.15, -0.1) is 0 Å². The fraction of sp³-hybridized carbons (Fsp3) is 0.647. The maximum atomic E-state index is 5.85. The van der Waals surface area contributed by atoms with Gasteiger partial charge in [0.1, 0.15) is 5.82 Å². The van der Waals surface area contributed by atoms with E-state index in [-0.39, 0.29) is 0 Å². The lowest BCUT2D eigenvalue weighted by atomic mass is 9.97. The van der Waals surface area contributed by atoms with Crippen LogP contribution in [-0.2, 0) is 6.54 Å². The largest absolute Gasteiger partial charge is 0.372 e. The number of nitrogen functional groups attached to an aromatic ring is 1. The number of unbranched alkanes of at least 4 members (excludes halogenated alkanes) is 1. The van der Waals surface area contributed by atoms with Gasteiger partial charge in [0, 0.05) is 31.4 Å². The number of nitrogens with zero attached hydrogens (tertiary/aromatic N) is 3. The molecular formula is C17H28N6. The van der Waals surface area contributed by atoms with Crippen molar-refractivity contribution < 1.29 is 0 Å². The van der Waals surface area contributed by atoms with Gasteiger partial charge in [-0.1, -0.05) is 13.3 Å². The SMILES string of the molecule is CCCCNc1nc(N)nc2c1CN(CC1CCNCC1)C=C2. The number of piperidine rings is 1. The van der Waals surface area contributed by atoms with Gasteiger partial charge < -0.3 is 21.3 Å². The van der Waals surface area contributed by atoms with Crippen molar-refractivity contribution in [3.05, 3.63) is 17.5 Å². The number of nitrogens with one attached hydrogen (secondary N) is 2. The van der Waals surface area contributed by atoms with Crippen molar-refractivity contribution in [1.82, 2.24) is 20.2 Å². The lowest BCUT2D eigenvalue weighted by Gasteiger charge is -2.32. The van der Waals surface area contributed by atoms with Gasteiger partial charge in [-0.2, -0.15) is 4.98 Å². The Hall–Kier alpha value is -1.82. The zero-order chi connectivity index (χ0) is 16.1. The zero-order valence-electron chi connectivity index (χ0n) is 14.0. The van der Waals surface area contributed by atoms with Crippen molar-refractivity contribution in [3.8, 4) is 0 Å². The van der Waals surface area contributed by atoms with Gasteiger partial charge in [0.2, 0.25) is 5.95 Å². The molecule has 1 saturated heterocycles. The zero-order valence-corrected chi connectivity index (χ0v) is 14.0. The molecule has 0 atom stereocenters. The van der Waals surface area contributed by atoms with Crippen molar-refractivity contribution in [2.24, 2.45) is 5.92 Å². The van der Waals surface area contributed by atoms with E-state index in [2.05, 4.69) is 44.7 Å². The summed E-state index contributed by atoms with van der Waals surface area (Å²) >= 11 is 0.